The number of fused-ring (bicyclic) bond motifs is 1. The van der Waals surface area contributed by atoms with Gasteiger partial charge in [0.25, 0.3) is 5.78 Å². The van der Waals surface area contributed by atoms with Crippen molar-refractivity contribution in [2.75, 3.05) is 31.3 Å². The number of rotatable bonds is 13. The number of thioether (sulfide) groups is 1. The van der Waals surface area contributed by atoms with Crippen LogP contribution in [-0.2, 0) is 15.3 Å². The van der Waals surface area contributed by atoms with E-state index >= 15 is 0 Å². The summed E-state index contributed by atoms with van der Waals surface area (Å²) < 4.78 is 37.2. The summed E-state index contributed by atoms with van der Waals surface area (Å²) in [6.45, 7) is 5.58. The number of aromatic nitrogens is 2. The molecule has 0 radical (unpaired) electrons. The number of hydrogen-bond donors (Lipinski definition) is 1. The molecule has 0 saturated carbocycles. The molecule has 1 unspecified atom stereocenters. The van der Waals surface area contributed by atoms with Crippen molar-refractivity contribution in [3.8, 4) is 23.0 Å². The van der Waals surface area contributed by atoms with Gasteiger partial charge in [0.1, 0.15) is 24.8 Å². The summed E-state index contributed by atoms with van der Waals surface area (Å²) in [5.41, 5.74) is 1.56. The zero-order valence-electron chi connectivity index (χ0n) is 26.4. The van der Waals surface area contributed by atoms with E-state index < -0.39 is 17.7 Å². The van der Waals surface area contributed by atoms with Crippen molar-refractivity contribution in [1.82, 2.24) is 10.2 Å². The fourth-order valence-electron chi connectivity index (χ4n) is 5.39. The summed E-state index contributed by atoms with van der Waals surface area (Å²) in [6.07, 6.45) is 2.97. The van der Waals surface area contributed by atoms with Gasteiger partial charge < -0.3 is 24.1 Å². The molecule has 0 bridgehead atoms. The quantitative estimate of drug-likeness (QED) is 0.0381. The van der Waals surface area contributed by atoms with Gasteiger partial charge in [0.05, 0.1) is 24.8 Å². The number of carbonyl (C=O) groups excluding carboxylic acids is 2. The zero-order valence-corrected chi connectivity index (χ0v) is 28.1. The van der Waals surface area contributed by atoms with Gasteiger partial charge in [-0.2, -0.15) is 0 Å². The van der Waals surface area contributed by atoms with Crippen molar-refractivity contribution in [1.29, 1.82) is 0 Å². The van der Waals surface area contributed by atoms with Crippen LogP contribution in [0.15, 0.2) is 70.6 Å². The van der Waals surface area contributed by atoms with E-state index in [1.165, 1.54) is 28.8 Å². The lowest BCUT2D eigenvalue weighted by molar-refractivity contribution is -0.132. The fourth-order valence-corrected chi connectivity index (χ4v) is 7.22. The highest BCUT2D eigenvalue weighted by molar-refractivity contribution is 8.00. The number of nitrogens with zero attached hydrogens (tertiary/aromatic N) is 3. The van der Waals surface area contributed by atoms with Crippen molar-refractivity contribution in [3.05, 3.63) is 88.7 Å². The van der Waals surface area contributed by atoms with Crippen LogP contribution in [0, 0.1) is 5.82 Å². The number of benzene rings is 3. The Bertz CT molecular complexity index is 1830. The van der Waals surface area contributed by atoms with Crippen LogP contribution < -0.4 is 23.8 Å². The number of hydrogen-bond acceptors (Lipinski definition) is 11. The van der Waals surface area contributed by atoms with Gasteiger partial charge in [0.2, 0.25) is 5.13 Å². The molecule has 1 atom stereocenters. The van der Waals surface area contributed by atoms with E-state index in [0.29, 0.717) is 65.1 Å². The lowest BCUT2D eigenvalue weighted by atomic mass is 9.95. The molecule has 1 fully saturated rings. The average molecular weight is 692 g/mol. The first-order valence-corrected chi connectivity index (χ1v) is 17.5. The number of anilines is 1. The van der Waals surface area contributed by atoms with Gasteiger partial charge in [-0.25, -0.2) is 4.39 Å². The van der Waals surface area contributed by atoms with Gasteiger partial charge in [-0.1, -0.05) is 61.1 Å². The summed E-state index contributed by atoms with van der Waals surface area (Å²) in [5, 5.41) is 20.4. The normalized spacial score (nSPS) is 16.7. The third kappa shape index (κ3) is 7.12. The highest BCUT2D eigenvalue weighted by Gasteiger charge is 2.48. The second-order valence-corrected chi connectivity index (χ2v) is 13.2. The number of aliphatic hydroxyl groups excluding tert-OH is 1. The largest absolute Gasteiger partial charge is 0.507 e. The Morgan fingerprint density at radius 1 is 0.979 bits per heavy atom. The average Bonchev–Trinajstić information content (AvgIpc) is 3.68. The predicted octanol–water partition coefficient (Wildman–Crippen LogP) is 7.33. The van der Waals surface area contributed by atoms with Gasteiger partial charge in [0.15, 0.2) is 27.3 Å². The number of halogens is 1. The molecule has 3 aromatic carbocycles. The molecule has 1 amide bonds. The van der Waals surface area contributed by atoms with E-state index in [2.05, 4.69) is 17.1 Å². The molecule has 1 saturated heterocycles. The van der Waals surface area contributed by atoms with E-state index in [9.17, 15) is 19.1 Å². The number of ether oxygens (including phenoxy) is 4. The van der Waals surface area contributed by atoms with E-state index in [-0.39, 0.29) is 27.8 Å². The first-order valence-electron chi connectivity index (χ1n) is 15.7. The fraction of sp³-hybridized carbons (Fsp3) is 0.314. The van der Waals surface area contributed by atoms with Crippen LogP contribution in [0.2, 0.25) is 0 Å². The standard InChI is InChI=1S/C35H34FN3O7S2/c1-3-5-6-15-44-25-13-9-22(18-27(25)43-4-2)30-29(31(40)23-10-14-26-28(19-23)46-17-16-45-26)32(41)33(42)39(30)34-37-38-35(48-34)47-20-21-7-11-24(36)12-8-21/h7-14,18-19,30,40H,3-6,15-17,20H2,1-2H3/b31-29+. The summed E-state index contributed by atoms with van der Waals surface area (Å²) in [7, 11) is 0. The Morgan fingerprint density at radius 3 is 2.54 bits per heavy atom. The summed E-state index contributed by atoms with van der Waals surface area (Å²) in [6, 6.07) is 15.2. The van der Waals surface area contributed by atoms with E-state index in [1.807, 2.05) is 6.92 Å². The molecule has 48 heavy (non-hydrogen) atoms. The van der Waals surface area contributed by atoms with Crippen LogP contribution in [0.1, 0.15) is 55.8 Å². The second-order valence-electron chi connectivity index (χ2n) is 11.0. The minimum absolute atomic E-state index is 0.119. The van der Waals surface area contributed by atoms with Crippen LogP contribution in [0.4, 0.5) is 9.52 Å². The molecule has 3 heterocycles. The van der Waals surface area contributed by atoms with Gasteiger partial charge in [-0.3, -0.25) is 14.5 Å². The third-order valence-corrected chi connectivity index (χ3v) is 9.85. The third-order valence-electron chi connectivity index (χ3n) is 7.73. The Balaban J connectivity index is 1.40. The smallest absolute Gasteiger partial charge is 0.301 e. The van der Waals surface area contributed by atoms with Crippen LogP contribution in [-0.4, -0.2) is 53.4 Å². The highest BCUT2D eigenvalue weighted by Crippen LogP contribution is 2.46. The molecule has 4 aromatic rings. The Kier molecular flexibility index (Phi) is 10.5. The number of ketones is 1. The van der Waals surface area contributed by atoms with Crippen LogP contribution in [0.25, 0.3) is 5.76 Å². The highest BCUT2D eigenvalue weighted by atomic mass is 32.2. The molecular weight excluding hydrogens is 658 g/mol. The Labute approximate surface area is 285 Å². The van der Waals surface area contributed by atoms with Gasteiger partial charge in [0, 0.05) is 11.3 Å². The van der Waals surface area contributed by atoms with E-state index in [0.717, 1.165) is 36.2 Å². The number of Topliss-reactive ketones (excluding diaryl/α,β-unsaturated/α-hetero) is 1. The molecule has 2 aliphatic heterocycles. The minimum atomic E-state index is -1.06. The van der Waals surface area contributed by atoms with Crippen molar-refractivity contribution in [3.63, 3.8) is 0 Å². The number of carbonyl (C=O) groups is 2. The van der Waals surface area contributed by atoms with Gasteiger partial charge in [-0.05, 0) is 66.9 Å². The Hall–Kier alpha value is -4.62. The zero-order chi connectivity index (χ0) is 33.6. The Morgan fingerprint density at radius 2 is 1.77 bits per heavy atom. The lowest BCUT2D eigenvalue weighted by Crippen LogP contribution is -2.29. The molecule has 6 rings (SSSR count). The first kappa shape index (κ1) is 33.3. The molecule has 10 nitrogen and oxygen atoms in total. The molecule has 0 aliphatic carbocycles. The van der Waals surface area contributed by atoms with Gasteiger partial charge in [-0.15, -0.1) is 10.2 Å². The SMILES string of the molecule is CCCCCOc1ccc(C2/C(=C(\O)c3ccc4c(c3)OCCO4)C(=O)C(=O)N2c2nnc(SCc3ccc(F)cc3)s2)cc1OCC. The maximum absolute atomic E-state index is 13.8. The number of unbranched alkanes of at least 4 members (excludes halogenated alkanes) is 2. The molecule has 0 spiro atoms. The van der Waals surface area contributed by atoms with Crippen molar-refractivity contribution >= 4 is 45.7 Å². The molecule has 1 N–H and O–H groups in total. The predicted molar refractivity (Wildman–Crippen MR) is 181 cm³/mol. The first-order chi connectivity index (χ1) is 23.4. The number of amides is 1. The van der Waals surface area contributed by atoms with Crippen LogP contribution in [0.5, 0.6) is 23.0 Å². The summed E-state index contributed by atoms with van der Waals surface area (Å²) in [4.78, 5) is 28.9. The molecular formula is C35H34FN3O7S2. The van der Waals surface area contributed by atoms with Crippen LogP contribution >= 0.6 is 23.1 Å². The van der Waals surface area contributed by atoms with Crippen molar-refractivity contribution < 1.29 is 38.0 Å². The molecule has 13 heteroatoms. The molecule has 250 valence electrons. The number of aliphatic hydroxyl groups is 1. The summed E-state index contributed by atoms with van der Waals surface area (Å²) in [5.74, 6) is 0.00236. The summed E-state index contributed by atoms with van der Waals surface area (Å²) >= 11 is 2.51. The lowest BCUT2D eigenvalue weighted by Gasteiger charge is -2.24. The van der Waals surface area contributed by atoms with Crippen molar-refractivity contribution in [2.45, 2.75) is 49.2 Å². The van der Waals surface area contributed by atoms with Crippen molar-refractivity contribution in [2.24, 2.45) is 0 Å². The van der Waals surface area contributed by atoms with E-state index in [1.54, 1.807) is 48.5 Å². The molecule has 2 aliphatic rings. The van der Waals surface area contributed by atoms with Crippen LogP contribution in [0.3, 0.4) is 0 Å². The maximum atomic E-state index is 13.8. The monoisotopic (exact) mass is 691 g/mol. The second kappa shape index (κ2) is 15.1. The van der Waals surface area contributed by atoms with Gasteiger partial charge >= 0.3 is 5.91 Å². The topological polar surface area (TPSA) is 120 Å². The maximum Gasteiger partial charge on any atom is 0.301 e. The molecule has 1 aromatic heterocycles. The minimum Gasteiger partial charge on any atom is -0.507 e. The van der Waals surface area contributed by atoms with E-state index in [4.69, 9.17) is 18.9 Å².